The van der Waals surface area contributed by atoms with Crippen molar-refractivity contribution < 1.29 is 0 Å². The molecule has 1 aromatic heterocycles. The van der Waals surface area contributed by atoms with Crippen molar-refractivity contribution in [2.75, 3.05) is 19.6 Å². The maximum atomic E-state index is 4.72. The van der Waals surface area contributed by atoms with E-state index in [4.69, 9.17) is 4.98 Å². The minimum atomic E-state index is 0. The third-order valence-electron chi connectivity index (χ3n) is 2.91. The van der Waals surface area contributed by atoms with Crippen LogP contribution in [0.3, 0.4) is 0 Å². The molecule has 1 heterocycles. The van der Waals surface area contributed by atoms with Crippen molar-refractivity contribution >= 4 is 41.3 Å². The Morgan fingerprint density at radius 1 is 1.32 bits per heavy atom. The normalized spacial score (nSPS) is 12.2. The first-order chi connectivity index (χ1) is 9.82. The van der Waals surface area contributed by atoms with Crippen LogP contribution >= 0.6 is 35.3 Å². The lowest BCUT2D eigenvalue weighted by Gasteiger charge is -2.14. The molecule has 1 rings (SSSR count). The van der Waals surface area contributed by atoms with E-state index in [-0.39, 0.29) is 29.4 Å². The zero-order valence-electron chi connectivity index (χ0n) is 14.7. The molecular formula is C16H31IN4S. The van der Waals surface area contributed by atoms with Gasteiger partial charge in [0.2, 0.25) is 0 Å². The van der Waals surface area contributed by atoms with E-state index < -0.39 is 0 Å². The fourth-order valence-electron chi connectivity index (χ4n) is 1.67. The Balaban J connectivity index is 0.00000441. The molecule has 22 heavy (non-hydrogen) atoms. The Kier molecular flexibility index (Phi) is 10.2. The van der Waals surface area contributed by atoms with E-state index in [0.29, 0.717) is 5.92 Å². The van der Waals surface area contributed by atoms with E-state index in [0.717, 1.165) is 32.0 Å². The summed E-state index contributed by atoms with van der Waals surface area (Å²) in [7, 11) is 0. The average Bonchev–Trinajstić information content (AvgIpc) is 2.84. The van der Waals surface area contributed by atoms with E-state index in [2.05, 4.69) is 62.5 Å². The molecular weight excluding hydrogens is 407 g/mol. The summed E-state index contributed by atoms with van der Waals surface area (Å²) >= 11 is 1.75. The molecule has 0 unspecified atom stereocenters. The van der Waals surface area contributed by atoms with Gasteiger partial charge in [-0.1, -0.05) is 34.6 Å². The van der Waals surface area contributed by atoms with Crippen LogP contribution in [0, 0.1) is 5.92 Å². The largest absolute Gasteiger partial charge is 0.357 e. The van der Waals surface area contributed by atoms with Crippen molar-refractivity contribution in [1.82, 2.24) is 15.6 Å². The number of nitrogens with zero attached hydrogens (tertiary/aromatic N) is 2. The molecule has 0 saturated carbocycles. The predicted octanol–water partition coefficient (Wildman–Crippen LogP) is 3.81. The summed E-state index contributed by atoms with van der Waals surface area (Å²) in [5, 5.41) is 10.0. The lowest BCUT2D eigenvalue weighted by Crippen LogP contribution is -2.38. The van der Waals surface area contributed by atoms with Crippen LogP contribution < -0.4 is 10.6 Å². The summed E-state index contributed by atoms with van der Waals surface area (Å²) in [4.78, 5) is 9.28. The third-order valence-corrected chi connectivity index (χ3v) is 3.82. The van der Waals surface area contributed by atoms with Gasteiger partial charge in [0.25, 0.3) is 0 Å². The summed E-state index contributed by atoms with van der Waals surface area (Å²) < 4.78 is 0. The number of guanidine groups is 1. The van der Waals surface area contributed by atoms with Crippen LogP contribution in [-0.2, 0) is 11.8 Å². The van der Waals surface area contributed by atoms with Gasteiger partial charge in [0.1, 0.15) is 0 Å². The molecule has 4 nitrogen and oxygen atoms in total. The van der Waals surface area contributed by atoms with Crippen molar-refractivity contribution in [2.45, 2.75) is 53.4 Å². The molecule has 0 bridgehead atoms. The van der Waals surface area contributed by atoms with Gasteiger partial charge in [-0.25, -0.2) is 4.98 Å². The smallest absolute Gasteiger partial charge is 0.191 e. The van der Waals surface area contributed by atoms with Gasteiger partial charge in [-0.2, -0.15) is 0 Å². The first-order valence-corrected chi connectivity index (χ1v) is 8.68. The van der Waals surface area contributed by atoms with Gasteiger partial charge in [0.05, 0.1) is 10.7 Å². The molecule has 0 fully saturated rings. The molecule has 0 amide bonds. The topological polar surface area (TPSA) is 49.3 Å². The van der Waals surface area contributed by atoms with Gasteiger partial charge >= 0.3 is 0 Å². The molecule has 0 spiro atoms. The van der Waals surface area contributed by atoms with E-state index in [1.165, 1.54) is 10.7 Å². The van der Waals surface area contributed by atoms with Crippen LogP contribution in [0.2, 0.25) is 0 Å². The number of hydrogen-bond donors (Lipinski definition) is 2. The Morgan fingerprint density at radius 3 is 2.50 bits per heavy atom. The molecule has 2 N–H and O–H groups in total. The fraction of sp³-hybridized carbons (Fsp3) is 0.750. The molecule has 1 aromatic rings. The molecule has 0 aliphatic rings. The lowest BCUT2D eigenvalue weighted by atomic mass is 9.93. The van der Waals surface area contributed by atoms with Crippen LogP contribution in [0.4, 0.5) is 0 Å². The summed E-state index contributed by atoms with van der Waals surface area (Å²) in [5.41, 5.74) is 1.32. The van der Waals surface area contributed by atoms with Crippen molar-refractivity contribution in [3.8, 4) is 0 Å². The van der Waals surface area contributed by atoms with Crippen molar-refractivity contribution in [1.29, 1.82) is 0 Å². The zero-order chi connectivity index (χ0) is 15.9. The lowest BCUT2D eigenvalue weighted by molar-refractivity contribution is 0.570. The molecule has 0 saturated heterocycles. The number of nitrogens with one attached hydrogen (secondary N) is 2. The van der Waals surface area contributed by atoms with Gasteiger partial charge < -0.3 is 10.6 Å². The SMILES string of the molecule is CCNC(=NCC(C)C)NCCc1nc(C(C)(C)C)cs1.I. The molecule has 0 aliphatic carbocycles. The van der Waals surface area contributed by atoms with E-state index in [9.17, 15) is 0 Å². The number of halogens is 1. The van der Waals surface area contributed by atoms with Gasteiger partial charge in [0.15, 0.2) is 5.96 Å². The van der Waals surface area contributed by atoms with Gasteiger partial charge in [0, 0.05) is 36.9 Å². The summed E-state index contributed by atoms with van der Waals surface area (Å²) in [5.74, 6) is 1.48. The maximum Gasteiger partial charge on any atom is 0.191 e. The second-order valence-electron chi connectivity index (χ2n) is 6.67. The first kappa shape index (κ1) is 21.6. The maximum absolute atomic E-state index is 4.72. The molecule has 128 valence electrons. The second kappa shape index (κ2) is 10.4. The van der Waals surface area contributed by atoms with Crippen molar-refractivity contribution in [3.05, 3.63) is 16.1 Å². The Bertz CT molecular complexity index is 449. The Labute approximate surface area is 156 Å². The highest BCUT2D eigenvalue weighted by Crippen LogP contribution is 2.23. The highest BCUT2D eigenvalue weighted by molar-refractivity contribution is 14.0. The van der Waals surface area contributed by atoms with E-state index in [1.807, 2.05) is 0 Å². The Hall–Kier alpha value is -0.370. The fourth-order valence-corrected chi connectivity index (χ4v) is 2.70. The quantitative estimate of drug-likeness (QED) is 0.404. The van der Waals surface area contributed by atoms with Crippen LogP contribution in [-0.4, -0.2) is 30.6 Å². The van der Waals surface area contributed by atoms with Gasteiger partial charge in [-0.05, 0) is 12.8 Å². The number of hydrogen-bond acceptors (Lipinski definition) is 3. The molecule has 0 aliphatic heterocycles. The van der Waals surface area contributed by atoms with Crippen molar-refractivity contribution in [2.24, 2.45) is 10.9 Å². The number of rotatable bonds is 6. The summed E-state index contributed by atoms with van der Waals surface area (Å²) in [6, 6.07) is 0. The predicted molar refractivity (Wildman–Crippen MR) is 109 cm³/mol. The molecule has 0 aromatic carbocycles. The number of aromatic nitrogens is 1. The third kappa shape index (κ3) is 8.31. The van der Waals surface area contributed by atoms with Crippen LogP contribution in [0.25, 0.3) is 0 Å². The molecule has 0 atom stereocenters. The Morgan fingerprint density at radius 2 is 2.00 bits per heavy atom. The van der Waals surface area contributed by atoms with Crippen LogP contribution in [0.15, 0.2) is 10.4 Å². The number of thiazole rings is 1. The second-order valence-corrected chi connectivity index (χ2v) is 7.61. The molecule has 0 radical (unpaired) electrons. The average molecular weight is 438 g/mol. The zero-order valence-corrected chi connectivity index (χ0v) is 17.8. The highest BCUT2D eigenvalue weighted by atomic mass is 127. The van der Waals surface area contributed by atoms with E-state index >= 15 is 0 Å². The van der Waals surface area contributed by atoms with Crippen LogP contribution in [0.1, 0.15) is 52.2 Å². The minimum absolute atomic E-state index is 0. The summed E-state index contributed by atoms with van der Waals surface area (Å²) in [6.07, 6.45) is 0.937. The van der Waals surface area contributed by atoms with E-state index in [1.54, 1.807) is 11.3 Å². The van der Waals surface area contributed by atoms with Gasteiger partial charge in [-0.15, -0.1) is 35.3 Å². The summed E-state index contributed by atoms with van der Waals surface area (Å²) in [6.45, 7) is 15.6. The molecule has 6 heteroatoms. The highest BCUT2D eigenvalue weighted by Gasteiger charge is 2.17. The monoisotopic (exact) mass is 438 g/mol. The first-order valence-electron chi connectivity index (χ1n) is 7.80. The van der Waals surface area contributed by atoms with Crippen LogP contribution in [0.5, 0.6) is 0 Å². The van der Waals surface area contributed by atoms with Crippen molar-refractivity contribution in [3.63, 3.8) is 0 Å². The number of aliphatic imine (C=N–C) groups is 1. The van der Waals surface area contributed by atoms with Gasteiger partial charge in [-0.3, -0.25) is 4.99 Å². The minimum Gasteiger partial charge on any atom is -0.357 e. The standard InChI is InChI=1S/C16H30N4S.HI/c1-7-17-15(19-10-12(2)3)18-9-8-14-20-13(11-21-14)16(4,5)6;/h11-12H,7-10H2,1-6H3,(H2,17,18,19);1H.